The van der Waals surface area contributed by atoms with E-state index in [1.54, 1.807) is 13.8 Å². The predicted octanol–water partition coefficient (Wildman–Crippen LogP) is 9.50. The standard InChI is InChI=1S/C28H23F9O3/c1-15(2)7-24(25(38)39-3)18-8-16(17-9-20(27(32,33)34)13-21(10-17)28(35,36)37)11-23(12-18)40-22-6-4-5-19(14-22)26(29,30)31/h4-6,8-15,24H,7H2,1-3H3. The second kappa shape index (κ2) is 11.4. The number of benzene rings is 3. The molecule has 40 heavy (non-hydrogen) atoms. The molecular formula is C28H23F9O3. The van der Waals surface area contributed by atoms with Crippen LogP contribution in [-0.2, 0) is 28.1 Å². The summed E-state index contributed by atoms with van der Waals surface area (Å²) in [5.41, 5.74) is -4.71. The highest BCUT2D eigenvalue weighted by molar-refractivity contribution is 5.80. The molecule has 0 bridgehead atoms. The second-order valence-corrected chi connectivity index (χ2v) is 9.42. The Bertz CT molecular complexity index is 1320. The van der Waals surface area contributed by atoms with Crippen LogP contribution < -0.4 is 4.74 Å². The lowest BCUT2D eigenvalue weighted by molar-refractivity contribution is -0.144. The summed E-state index contributed by atoms with van der Waals surface area (Å²) < 4.78 is 131. The minimum Gasteiger partial charge on any atom is -0.469 e. The SMILES string of the molecule is COC(=O)C(CC(C)C)c1cc(Oc2cccc(C(F)(F)F)c2)cc(-c2cc(C(F)(F)F)cc(C(F)(F)F)c2)c1. The molecule has 0 amide bonds. The van der Waals surface area contributed by atoms with Crippen molar-refractivity contribution in [3.63, 3.8) is 0 Å². The van der Waals surface area contributed by atoms with Gasteiger partial charge in [0, 0.05) is 0 Å². The number of alkyl halides is 9. The zero-order chi connectivity index (χ0) is 30.0. The highest BCUT2D eigenvalue weighted by Gasteiger charge is 2.37. The average molecular weight is 578 g/mol. The molecule has 0 saturated heterocycles. The molecule has 3 nitrogen and oxygen atoms in total. The van der Waals surface area contributed by atoms with Crippen molar-refractivity contribution in [3.05, 3.63) is 82.9 Å². The van der Waals surface area contributed by atoms with Crippen molar-refractivity contribution in [1.82, 2.24) is 0 Å². The van der Waals surface area contributed by atoms with Crippen molar-refractivity contribution in [2.45, 2.75) is 44.7 Å². The van der Waals surface area contributed by atoms with Gasteiger partial charge in [-0.15, -0.1) is 0 Å². The summed E-state index contributed by atoms with van der Waals surface area (Å²) in [7, 11) is 1.11. The monoisotopic (exact) mass is 578 g/mol. The number of esters is 1. The average Bonchev–Trinajstić information content (AvgIpc) is 2.85. The number of hydrogen-bond donors (Lipinski definition) is 0. The first-order chi connectivity index (χ1) is 18.4. The Kier molecular flexibility index (Phi) is 8.80. The van der Waals surface area contributed by atoms with E-state index in [-0.39, 0.29) is 41.0 Å². The van der Waals surface area contributed by atoms with Crippen LogP contribution in [0, 0.1) is 5.92 Å². The highest BCUT2D eigenvalue weighted by Crippen LogP contribution is 2.41. The van der Waals surface area contributed by atoms with E-state index in [1.165, 1.54) is 18.2 Å². The van der Waals surface area contributed by atoms with Crippen LogP contribution in [0.5, 0.6) is 11.5 Å². The van der Waals surface area contributed by atoms with Crippen LogP contribution in [-0.4, -0.2) is 13.1 Å². The Balaban J connectivity index is 2.26. The van der Waals surface area contributed by atoms with Crippen molar-refractivity contribution in [1.29, 1.82) is 0 Å². The first-order valence-electron chi connectivity index (χ1n) is 11.8. The fourth-order valence-electron chi connectivity index (χ4n) is 4.02. The minimum absolute atomic E-state index is 0.0244. The molecule has 0 aliphatic carbocycles. The molecule has 3 rings (SSSR count). The second-order valence-electron chi connectivity index (χ2n) is 9.42. The van der Waals surface area contributed by atoms with Gasteiger partial charge in [0.15, 0.2) is 0 Å². The van der Waals surface area contributed by atoms with Gasteiger partial charge in [0.05, 0.1) is 29.7 Å². The zero-order valence-corrected chi connectivity index (χ0v) is 21.3. The largest absolute Gasteiger partial charge is 0.469 e. The Morgan fingerprint density at radius 2 is 1.25 bits per heavy atom. The molecule has 0 radical (unpaired) electrons. The molecule has 1 unspecified atom stereocenters. The van der Waals surface area contributed by atoms with Crippen LogP contribution in [0.3, 0.4) is 0 Å². The number of carbonyl (C=O) groups excluding carboxylic acids is 1. The summed E-state index contributed by atoms with van der Waals surface area (Å²) in [5, 5.41) is 0. The van der Waals surface area contributed by atoms with Gasteiger partial charge in [-0.25, -0.2) is 0 Å². The first-order valence-corrected chi connectivity index (χ1v) is 11.8. The fourth-order valence-corrected chi connectivity index (χ4v) is 4.02. The zero-order valence-electron chi connectivity index (χ0n) is 21.3. The molecule has 1 atom stereocenters. The van der Waals surface area contributed by atoms with Gasteiger partial charge >= 0.3 is 24.5 Å². The highest BCUT2D eigenvalue weighted by atomic mass is 19.4. The van der Waals surface area contributed by atoms with Gasteiger partial charge in [-0.1, -0.05) is 26.0 Å². The van der Waals surface area contributed by atoms with E-state index in [0.717, 1.165) is 25.3 Å². The molecule has 0 N–H and O–H groups in total. The van der Waals surface area contributed by atoms with E-state index in [0.29, 0.717) is 18.2 Å². The minimum atomic E-state index is -5.11. The van der Waals surface area contributed by atoms with E-state index < -0.39 is 52.7 Å². The summed E-state index contributed by atoms with van der Waals surface area (Å²) >= 11 is 0. The van der Waals surface area contributed by atoms with Crippen LogP contribution in [0.15, 0.2) is 60.7 Å². The number of halogens is 9. The molecule has 0 saturated carbocycles. The lowest BCUT2D eigenvalue weighted by Gasteiger charge is -2.20. The molecule has 0 aliphatic heterocycles. The van der Waals surface area contributed by atoms with Crippen LogP contribution in [0.25, 0.3) is 11.1 Å². The molecule has 0 aromatic heterocycles. The topological polar surface area (TPSA) is 35.5 Å². The molecule has 3 aromatic carbocycles. The maximum absolute atomic E-state index is 13.5. The summed E-state index contributed by atoms with van der Waals surface area (Å²) in [4.78, 5) is 12.6. The van der Waals surface area contributed by atoms with Gasteiger partial charge in [-0.2, -0.15) is 39.5 Å². The van der Waals surface area contributed by atoms with E-state index in [2.05, 4.69) is 0 Å². The quantitative estimate of drug-likeness (QED) is 0.207. The van der Waals surface area contributed by atoms with Gasteiger partial charge in [0.2, 0.25) is 0 Å². The van der Waals surface area contributed by atoms with E-state index in [4.69, 9.17) is 9.47 Å². The summed E-state index contributed by atoms with van der Waals surface area (Å²) in [5.74, 6) is -2.32. The summed E-state index contributed by atoms with van der Waals surface area (Å²) in [6.07, 6.45) is -14.7. The maximum atomic E-state index is 13.5. The predicted molar refractivity (Wildman–Crippen MR) is 128 cm³/mol. The number of hydrogen-bond acceptors (Lipinski definition) is 3. The van der Waals surface area contributed by atoms with E-state index in [1.807, 2.05) is 0 Å². The van der Waals surface area contributed by atoms with Crippen molar-refractivity contribution >= 4 is 5.97 Å². The Hall–Kier alpha value is -3.70. The summed E-state index contributed by atoms with van der Waals surface area (Å²) in [6, 6.07) is 8.35. The van der Waals surface area contributed by atoms with E-state index in [9.17, 15) is 44.3 Å². The van der Waals surface area contributed by atoms with Crippen molar-refractivity contribution in [2.75, 3.05) is 7.11 Å². The third-order valence-electron chi connectivity index (χ3n) is 5.84. The normalized spacial score (nSPS) is 13.3. The van der Waals surface area contributed by atoms with Crippen molar-refractivity contribution in [2.24, 2.45) is 5.92 Å². The lowest BCUT2D eigenvalue weighted by Crippen LogP contribution is -2.16. The van der Waals surface area contributed by atoms with Crippen molar-refractivity contribution < 1.29 is 53.8 Å². The molecule has 3 aromatic rings. The summed E-state index contributed by atoms with van der Waals surface area (Å²) in [6.45, 7) is 3.56. The molecule has 0 spiro atoms. The Morgan fingerprint density at radius 3 is 1.75 bits per heavy atom. The number of carbonyl (C=O) groups is 1. The number of methoxy groups -OCH3 is 1. The Labute approximate surface area is 223 Å². The van der Waals surface area contributed by atoms with Gasteiger partial charge in [0.25, 0.3) is 0 Å². The molecular weight excluding hydrogens is 555 g/mol. The number of rotatable bonds is 7. The third kappa shape index (κ3) is 7.70. The maximum Gasteiger partial charge on any atom is 0.416 e. The Morgan fingerprint density at radius 1 is 0.700 bits per heavy atom. The van der Waals surface area contributed by atoms with Crippen LogP contribution >= 0.6 is 0 Å². The fraction of sp³-hybridized carbons (Fsp3) is 0.321. The van der Waals surface area contributed by atoms with Crippen LogP contribution in [0.1, 0.15) is 48.4 Å². The first kappa shape index (κ1) is 30.8. The molecule has 12 heteroatoms. The van der Waals surface area contributed by atoms with Crippen LogP contribution in [0.2, 0.25) is 0 Å². The van der Waals surface area contributed by atoms with E-state index >= 15 is 0 Å². The number of ether oxygens (including phenoxy) is 2. The molecule has 0 heterocycles. The van der Waals surface area contributed by atoms with Gasteiger partial charge in [-0.05, 0) is 77.6 Å². The van der Waals surface area contributed by atoms with Gasteiger partial charge < -0.3 is 9.47 Å². The van der Waals surface area contributed by atoms with Crippen molar-refractivity contribution in [3.8, 4) is 22.6 Å². The molecule has 0 aliphatic rings. The molecule has 216 valence electrons. The smallest absolute Gasteiger partial charge is 0.416 e. The third-order valence-corrected chi connectivity index (χ3v) is 5.84. The van der Waals surface area contributed by atoms with Crippen LogP contribution in [0.4, 0.5) is 39.5 Å². The lowest BCUT2D eigenvalue weighted by atomic mass is 9.88. The molecule has 0 fully saturated rings. The van der Waals surface area contributed by atoms with Gasteiger partial charge in [-0.3, -0.25) is 4.79 Å². The van der Waals surface area contributed by atoms with Gasteiger partial charge in [0.1, 0.15) is 11.5 Å².